The minimum atomic E-state index is -3.98. The number of carbonyl (C=O) groups excluding carboxylic acids is 1. The molecule has 186 valence electrons. The molecule has 9 nitrogen and oxygen atoms in total. The molecule has 0 radical (unpaired) electrons. The maximum absolute atomic E-state index is 13.3. The Morgan fingerprint density at radius 3 is 2.35 bits per heavy atom. The maximum atomic E-state index is 13.3. The molecule has 1 heterocycles. The van der Waals surface area contributed by atoms with Crippen LogP contribution in [-0.4, -0.2) is 53.9 Å². The van der Waals surface area contributed by atoms with Gasteiger partial charge in [-0.15, -0.1) is 0 Å². The molecule has 1 unspecified atom stereocenters. The number of carboxylic acid groups (broad SMARTS) is 1. The number of pyridine rings is 1. The molecule has 1 aromatic carbocycles. The van der Waals surface area contributed by atoms with Crippen molar-refractivity contribution in [3.05, 3.63) is 59.9 Å². The van der Waals surface area contributed by atoms with Crippen molar-refractivity contribution in [2.75, 3.05) is 13.1 Å². The Bertz CT molecular complexity index is 1030. The molecule has 0 aliphatic rings. The van der Waals surface area contributed by atoms with Crippen LogP contribution in [0.5, 0.6) is 0 Å². The monoisotopic (exact) mass is 490 g/mol. The quantitative estimate of drug-likeness (QED) is 0.370. The van der Waals surface area contributed by atoms with Crippen LogP contribution in [-0.2, 0) is 21.4 Å². The van der Waals surface area contributed by atoms with Crippen molar-refractivity contribution in [2.45, 2.75) is 57.5 Å². The number of carbonyl (C=O) groups is 2. The highest BCUT2D eigenvalue weighted by molar-refractivity contribution is 7.89. The van der Waals surface area contributed by atoms with Gasteiger partial charge in [0.1, 0.15) is 6.04 Å². The first kappa shape index (κ1) is 27.3. The number of hydrogen-bond acceptors (Lipinski definition) is 5. The molecule has 0 fully saturated rings. The van der Waals surface area contributed by atoms with Gasteiger partial charge in [0.25, 0.3) is 0 Å². The Hall–Kier alpha value is -2.98. The van der Waals surface area contributed by atoms with Crippen LogP contribution in [0.25, 0.3) is 0 Å². The summed E-state index contributed by atoms with van der Waals surface area (Å²) in [6, 6.07) is 10.3. The number of aliphatic carboxylic acids is 1. The average molecular weight is 491 g/mol. The van der Waals surface area contributed by atoms with Crippen molar-refractivity contribution in [1.29, 1.82) is 0 Å². The summed E-state index contributed by atoms with van der Waals surface area (Å²) in [5.74, 6) is -1.23. The summed E-state index contributed by atoms with van der Waals surface area (Å²) in [6.07, 6.45) is 2.75. The zero-order chi connectivity index (χ0) is 25.1. The van der Waals surface area contributed by atoms with E-state index >= 15 is 0 Å². The summed E-state index contributed by atoms with van der Waals surface area (Å²) in [4.78, 5) is 28.2. The van der Waals surface area contributed by atoms with Crippen LogP contribution in [0, 0.1) is 12.8 Å². The average Bonchev–Trinajstić information content (AvgIpc) is 2.79. The smallest absolute Gasteiger partial charge is 0.322 e. The number of aryl methyl sites for hydroxylation is 1. The summed E-state index contributed by atoms with van der Waals surface area (Å²) >= 11 is 0. The normalized spacial score (nSPS) is 12.5. The molecule has 1 atom stereocenters. The molecule has 0 saturated carbocycles. The number of sulfonamides is 1. The fourth-order valence-corrected chi connectivity index (χ4v) is 5.17. The van der Waals surface area contributed by atoms with E-state index in [9.17, 15) is 23.1 Å². The molecular weight excluding hydrogens is 456 g/mol. The lowest BCUT2D eigenvalue weighted by atomic mass is 10.1. The van der Waals surface area contributed by atoms with Crippen molar-refractivity contribution in [3.63, 3.8) is 0 Å². The van der Waals surface area contributed by atoms with Gasteiger partial charge in [0.15, 0.2) is 0 Å². The Morgan fingerprint density at radius 1 is 1.06 bits per heavy atom. The standard InChI is InChI=1S/C24H34N4O5S/c1-18(2)17-28(34(32,33)21-12-10-19(3)11-13-21)22(23(29)30)9-5-7-15-26-24(31)27-16-20-8-4-6-14-25-20/h4,6,8,10-14,18,22H,5,7,9,15-17H2,1-3H3,(H,29,30)(H2,26,27,31). The second kappa shape index (κ2) is 13.0. The zero-order valence-corrected chi connectivity index (χ0v) is 20.7. The molecule has 2 aromatic rings. The van der Waals surface area contributed by atoms with Crippen molar-refractivity contribution in [2.24, 2.45) is 5.92 Å². The van der Waals surface area contributed by atoms with Gasteiger partial charge in [0.05, 0.1) is 17.1 Å². The number of carboxylic acids is 1. The molecule has 2 amide bonds. The second-order valence-corrected chi connectivity index (χ2v) is 10.5. The summed E-state index contributed by atoms with van der Waals surface area (Å²) in [7, 11) is -3.98. The molecule has 2 rings (SSSR count). The van der Waals surface area contributed by atoms with Crippen LogP contribution in [0.3, 0.4) is 0 Å². The summed E-state index contributed by atoms with van der Waals surface area (Å²) in [6.45, 7) is 6.30. The Kier molecular flexibility index (Phi) is 10.5. The Balaban J connectivity index is 1.93. The molecule has 0 bridgehead atoms. The molecule has 0 saturated heterocycles. The number of benzene rings is 1. The number of urea groups is 1. The highest BCUT2D eigenvalue weighted by Crippen LogP contribution is 2.23. The van der Waals surface area contributed by atoms with Crippen LogP contribution < -0.4 is 10.6 Å². The third kappa shape index (κ3) is 8.42. The zero-order valence-electron chi connectivity index (χ0n) is 19.9. The predicted octanol–water partition coefficient (Wildman–Crippen LogP) is 3.16. The van der Waals surface area contributed by atoms with Gasteiger partial charge in [0.2, 0.25) is 10.0 Å². The van der Waals surface area contributed by atoms with E-state index in [4.69, 9.17) is 0 Å². The van der Waals surface area contributed by atoms with Crippen molar-refractivity contribution < 1.29 is 23.1 Å². The number of rotatable bonds is 13. The highest BCUT2D eigenvalue weighted by atomic mass is 32.2. The van der Waals surface area contributed by atoms with E-state index in [-0.39, 0.29) is 29.8 Å². The number of hydrogen-bond donors (Lipinski definition) is 3. The number of nitrogens with one attached hydrogen (secondary N) is 2. The van der Waals surface area contributed by atoms with Gasteiger partial charge in [-0.05, 0) is 56.4 Å². The summed E-state index contributed by atoms with van der Waals surface area (Å²) < 4.78 is 27.7. The number of unbranched alkanes of at least 4 members (excludes halogenated alkanes) is 1. The first-order chi connectivity index (χ1) is 16.1. The van der Waals surface area contributed by atoms with Crippen molar-refractivity contribution in [3.8, 4) is 0 Å². The summed E-state index contributed by atoms with van der Waals surface area (Å²) in [5.41, 5.74) is 1.66. The fourth-order valence-electron chi connectivity index (χ4n) is 3.39. The Labute approximate surface area is 201 Å². The van der Waals surface area contributed by atoms with Crippen LogP contribution in [0.4, 0.5) is 4.79 Å². The first-order valence-electron chi connectivity index (χ1n) is 11.3. The molecule has 0 spiro atoms. The van der Waals surface area contributed by atoms with E-state index in [0.717, 1.165) is 15.6 Å². The van der Waals surface area contributed by atoms with E-state index < -0.39 is 22.0 Å². The van der Waals surface area contributed by atoms with Crippen LogP contribution in [0.1, 0.15) is 44.4 Å². The van der Waals surface area contributed by atoms with Gasteiger partial charge in [0, 0.05) is 19.3 Å². The van der Waals surface area contributed by atoms with E-state index in [1.54, 1.807) is 30.5 Å². The Morgan fingerprint density at radius 2 is 1.76 bits per heavy atom. The van der Waals surface area contributed by atoms with Crippen LogP contribution >= 0.6 is 0 Å². The molecule has 34 heavy (non-hydrogen) atoms. The van der Waals surface area contributed by atoms with Gasteiger partial charge < -0.3 is 15.7 Å². The lowest BCUT2D eigenvalue weighted by molar-refractivity contribution is -0.141. The van der Waals surface area contributed by atoms with E-state index in [2.05, 4.69) is 15.6 Å². The van der Waals surface area contributed by atoms with Gasteiger partial charge in [-0.3, -0.25) is 9.78 Å². The molecule has 10 heteroatoms. The van der Waals surface area contributed by atoms with Crippen LogP contribution in [0.15, 0.2) is 53.6 Å². The van der Waals surface area contributed by atoms with Crippen molar-refractivity contribution in [1.82, 2.24) is 19.9 Å². The van der Waals surface area contributed by atoms with E-state index in [1.165, 1.54) is 12.1 Å². The maximum Gasteiger partial charge on any atom is 0.322 e. The highest BCUT2D eigenvalue weighted by Gasteiger charge is 2.35. The minimum Gasteiger partial charge on any atom is -0.480 e. The second-order valence-electron chi connectivity index (χ2n) is 8.56. The summed E-state index contributed by atoms with van der Waals surface area (Å²) in [5, 5.41) is 15.3. The molecule has 0 aliphatic carbocycles. The topological polar surface area (TPSA) is 129 Å². The first-order valence-corrected chi connectivity index (χ1v) is 12.8. The van der Waals surface area contributed by atoms with Gasteiger partial charge in [-0.25, -0.2) is 13.2 Å². The third-order valence-corrected chi connectivity index (χ3v) is 7.04. The lowest BCUT2D eigenvalue weighted by Gasteiger charge is -2.29. The van der Waals surface area contributed by atoms with E-state index in [1.807, 2.05) is 26.8 Å². The van der Waals surface area contributed by atoms with Crippen LogP contribution in [0.2, 0.25) is 0 Å². The van der Waals surface area contributed by atoms with E-state index in [0.29, 0.717) is 25.9 Å². The largest absolute Gasteiger partial charge is 0.480 e. The van der Waals surface area contributed by atoms with Gasteiger partial charge in [-0.1, -0.05) is 37.6 Å². The molecular formula is C24H34N4O5S. The SMILES string of the molecule is Cc1ccc(S(=O)(=O)N(CC(C)C)C(CCCCNC(=O)NCc2ccccn2)C(=O)O)cc1. The predicted molar refractivity (Wildman–Crippen MR) is 130 cm³/mol. The third-order valence-electron chi connectivity index (χ3n) is 5.15. The number of aromatic nitrogens is 1. The lowest BCUT2D eigenvalue weighted by Crippen LogP contribution is -2.46. The fraction of sp³-hybridized carbons (Fsp3) is 0.458. The van der Waals surface area contributed by atoms with Crippen molar-refractivity contribution >= 4 is 22.0 Å². The van der Waals surface area contributed by atoms with Gasteiger partial charge >= 0.3 is 12.0 Å². The molecule has 0 aliphatic heterocycles. The number of amides is 2. The minimum absolute atomic E-state index is 0.0495. The molecule has 3 N–H and O–H groups in total. The molecule has 1 aromatic heterocycles. The number of nitrogens with zero attached hydrogens (tertiary/aromatic N) is 2. The van der Waals surface area contributed by atoms with Gasteiger partial charge in [-0.2, -0.15) is 4.31 Å².